The van der Waals surface area contributed by atoms with E-state index < -0.39 is 18.1 Å². The predicted octanol–water partition coefficient (Wildman–Crippen LogP) is 0.832. The first kappa shape index (κ1) is 13.1. The van der Waals surface area contributed by atoms with Crippen LogP contribution in [0.1, 0.15) is 23.2 Å². The fraction of sp³-hybridized carbons (Fsp3) is 0.308. The summed E-state index contributed by atoms with van der Waals surface area (Å²) in [4.78, 5) is 33.6. The maximum atomic E-state index is 11.7. The number of cyclic esters (lactones) is 2. The molecule has 0 aliphatic carbocycles. The number of rotatable bonds is 5. The number of benzene rings is 1. The van der Waals surface area contributed by atoms with Gasteiger partial charge in [-0.15, -0.1) is 0 Å². The molecule has 0 radical (unpaired) electrons. The molecule has 0 spiro atoms. The van der Waals surface area contributed by atoms with Crippen molar-refractivity contribution >= 4 is 18.0 Å². The molecule has 0 bridgehead atoms. The third-order valence-corrected chi connectivity index (χ3v) is 2.76. The molecule has 2 rings (SSSR count). The fourth-order valence-electron chi connectivity index (χ4n) is 1.78. The third-order valence-electron chi connectivity index (χ3n) is 2.76. The van der Waals surface area contributed by atoms with Crippen LogP contribution >= 0.6 is 0 Å². The minimum Gasteiger partial charge on any atom is -0.375 e. The fourth-order valence-corrected chi connectivity index (χ4v) is 1.78. The topological polar surface area (TPSA) is 84.5 Å². The Labute approximate surface area is 110 Å². The highest BCUT2D eigenvalue weighted by Gasteiger charge is 2.31. The first-order valence-electron chi connectivity index (χ1n) is 6.02. The van der Waals surface area contributed by atoms with Crippen molar-refractivity contribution in [3.05, 3.63) is 35.9 Å². The quantitative estimate of drug-likeness (QED) is 0.467. The average Bonchev–Trinajstić information content (AvgIpc) is 2.74. The van der Waals surface area contributed by atoms with Crippen molar-refractivity contribution < 1.29 is 19.1 Å². The number of carbonyl (C=O) groups is 3. The van der Waals surface area contributed by atoms with Crippen molar-refractivity contribution in [2.45, 2.75) is 18.9 Å². The van der Waals surface area contributed by atoms with Gasteiger partial charge in [0.1, 0.15) is 6.04 Å². The normalized spacial score (nSPS) is 17.8. The molecule has 1 aromatic carbocycles. The Hall–Kier alpha value is -2.37. The van der Waals surface area contributed by atoms with Gasteiger partial charge in [-0.2, -0.15) is 0 Å². The molecule has 1 aliphatic heterocycles. The van der Waals surface area contributed by atoms with Crippen LogP contribution in [-0.2, 0) is 9.53 Å². The number of amides is 2. The van der Waals surface area contributed by atoms with Gasteiger partial charge in [-0.25, -0.2) is 9.59 Å². The van der Waals surface area contributed by atoms with Gasteiger partial charge in [0, 0.05) is 12.1 Å². The van der Waals surface area contributed by atoms with Gasteiger partial charge < -0.3 is 15.4 Å². The van der Waals surface area contributed by atoms with Crippen LogP contribution in [0, 0.1) is 0 Å². The zero-order valence-electron chi connectivity index (χ0n) is 10.2. The van der Waals surface area contributed by atoms with Crippen LogP contribution < -0.4 is 10.6 Å². The lowest BCUT2D eigenvalue weighted by Gasteiger charge is -2.07. The van der Waals surface area contributed by atoms with Crippen LogP contribution in [0.25, 0.3) is 0 Å². The van der Waals surface area contributed by atoms with Crippen LogP contribution in [0.4, 0.5) is 4.79 Å². The number of alkyl carbamates (subject to hydrolysis) is 1. The molecule has 2 N–H and O–H groups in total. The van der Waals surface area contributed by atoms with E-state index in [1.807, 2.05) is 6.07 Å². The van der Waals surface area contributed by atoms with Crippen LogP contribution in [0.15, 0.2) is 30.3 Å². The van der Waals surface area contributed by atoms with Gasteiger partial charge in [-0.1, -0.05) is 18.2 Å². The van der Waals surface area contributed by atoms with Gasteiger partial charge in [-0.3, -0.25) is 4.79 Å². The van der Waals surface area contributed by atoms with E-state index in [1.165, 1.54) is 0 Å². The van der Waals surface area contributed by atoms with Gasteiger partial charge in [0.05, 0.1) is 0 Å². The maximum absolute atomic E-state index is 11.7. The molecule has 6 heteroatoms. The number of esters is 1. The van der Waals surface area contributed by atoms with Crippen LogP contribution in [-0.4, -0.2) is 30.6 Å². The van der Waals surface area contributed by atoms with Crippen molar-refractivity contribution in [3.63, 3.8) is 0 Å². The molecule has 1 fully saturated rings. The lowest BCUT2D eigenvalue weighted by molar-refractivity contribution is -0.135. The first-order chi connectivity index (χ1) is 9.16. The second-order valence-electron chi connectivity index (χ2n) is 4.17. The largest absolute Gasteiger partial charge is 0.415 e. The third kappa shape index (κ3) is 3.54. The molecule has 100 valence electrons. The first-order valence-corrected chi connectivity index (χ1v) is 6.02. The Morgan fingerprint density at radius 2 is 2.00 bits per heavy atom. The van der Waals surface area contributed by atoms with E-state index in [4.69, 9.17) is 0 Å². The molecule has 1 saturated heterocycles. The summed E-state index contributed by atoms with van der Waals surface area (Å²) in [6, 6.07) is 8.28. The lowest BCUT2D eigenvalue weighted by atomic mass is 10.1. The van der Waals surface area contributed by atoms with E-state index in [9.17, 15) is 14.4 Å². The summed E-state index contributed by atoms with van der Waals surface area (Å²) in [6.07, 6.45) is 0.321. The van der Waals surface area contributed by atoms with E-state index in [0.717, 1.165) is 0 Å². The lowest BCUT2D eigenvalue weighted by Crippen LogP contribution is -2.31. The summed E-state index contributed by atoms with van der Waals surface area (Å²) < 4.78 is 4.34. The zero-order valence-corrected chi connectivity index (χ0v) is 10.2. The molecule has 2 amide bonds. The molecule has 1 unspecified atom stereocenters. The van der Waals surface area contributed by atoms with Gasteiger partial charge in [-0.05, 0) is 25.0 Å². The number of hydrogen-bond donors (Lipinski definition) is 2. The molecule has 1 atom stereocenters. The highest BCUT2D eigenvalue weighted by Crippen LogP contribution is 2.06. The number of nitrogens with one attached hydrogen (secondary N) is 2. The van der Waals surface area contributed by atoms with E-state index in [0.29, 0.717) is 24.9 Å². The van der Waals surface area contributed by atoms with Gasteiger partial charge in [0.15, 0.2) is 0 Å². The van der Waals surface area contributed by atoms with Gasteiger partial charge in [0.25, 0.3) is 5.91 Å². The Morgan fingerprint density at radius 3 is 2.63 bits per heavy atom. The highest BCUT2D eigenvalue weighted by molar-refractivity contribution is 5.95. The molecule has 1 aromatic rings. The molecule has 6 nitrogen and oxygen atoms in total. The smallest absolute Gasteiger partial charge is 0.375 e. The van der Waals surface area contributed by atoms with Gasteiger partial charge >= 0.3 is 12.1 Å². The Bertz CT molecular complexity index is 487. The second kappa shape index (κ2) is 5.99. The molecular formula is C13H14N2O4. The minimum absolute atomic E-state index is 0.154. The minimum atomic E-state index is -0.705. The van der Waals surface area contributed by atoms with Crippen molar-refractivity contribution in [3.8, 4) is 0 Å². The Balaban J connectivity index is 1.69. The SMILES string of the molecule is O=C1NC(CCCNC(=O)c2ccccc2)C(=O)O1. The van der Waals surface area contributed by atoms with Crippen molar-refractivity contribution in [1.82, 2.24) is 10.6 Å². The summed E-state index contributed by atoms with van der Waals surface area (Å²) in [6.45, 7) is 0.438. The number of carbonyl (C=O) groups excluding carboxylic acids is 3. The van der Waals surface area contributed by atoms with Crippen molar-refractivity contribution in [2.24, 2.45) is 0 Å². The summed E-state index contributed by atoms with van der Waals surface area (Å²) in [5.41, 5.74) is 0.594. The number of ether oxygens (including phenoxy) is 1. The molecule has 19 heavy (non-hydrogen) atoms. The van der Waals surface area contributed by atoms with Crippen LogP contribution in [0.2, 0.25) is 0 Å². The Morgan fingerprint density at radius 1 is 1.26 bits per heavy atom. The van der Waals surface area contributed by atoms with Crippen LogP contribution in [0.3, 0.4) is 0 Å². The van der Waals surface area contributed by atoms with E-state index >= 15 is 0 Å². The predicted molar refractivity (Wildman–Crippen MR) is 66.4 cm³/mol. The van der Waals surface area contributed by atoms with E-state index in [2.05, 4.69) is 15.4 Å². The molecule has 0 aromatic heterocycles. The second-order valence-corrected chi connectivity index (χ2v) is 4.17. The number of hydrogen-bond acceptors (Lipinski definition) is 4. The maximum Gasteiger partial charge on any atom is 0.415 e. The molecule has 0 saturated carbocycles. The summed E-state index contributed by atoms with van der Waals surface area (Å²) in [7, 11) is 0. The molecular weight excluding hydrogens is 248 g/mol. The van der Waals surface area contributed by atoms with Crippen molar-refractivity contribution in [1.29, 1.82) is 0 Å². The monoisotopic (exact) mass is 262 g/mol. The van der Waals surface area contributed by atoms with Crippen LogP contribution in [0.5, 0.6) is 0 Å². The van der Waals surface area contributed by atoms with Gasteiger partial charge in [0.2, 0.25) is 0 Å². The summed E-state index contributed by atoms with van der Waals surface area (Å²) in [5, 5.41) is 5.15. The van der Waals surface area contributed by atoms with Crippen molar-refractivity contribution in [2.75, 3.05) is 6.54 Å². The van der Waals surface area contributed by atoms with E-state index in [-0.39, 0.29) is 5.91 Å². The summed E-state index contributed by atoms with van der Waals surface area (Å²) in [5.74, 6) is -0.710. The molecule has 1 aliphatic rings. The highest BCUT2D eigenvalue weighted by atomic mass is 16.6. The average molecular weight is 262 g/mol. The summed E-state index contributed by atoms with van der Waals surface area (Å²) >= 11 is 0. The Kier molecular flexibility index (Phi) is 4.12. The molecule has 1 heterocycles. The van der Waals surface area contributed by atoms with E-state index in [1.54, 1.807) is 24.3 Å². The zero-order chi connectivity index (χ0) is 13.7. The standard InChI is InChI=1S/C13H14N2O4/c16-11(9-5-2-1-3-6-9)14-8-4-7-10-12(17)19-13(18)15-10/h1-3,5-6,10H,4,7-8H2,(H,14,16)(H,15,18).